The van der Waals surface area contributed by atoms with E-state index in [1.54, 1.807) is 0 Å². The standard InChI is InChI=1S/C16H23NO/c1-3-4-12-17(2)14-16-10-8-15(9-11-16)7-5-6-13-18/h8-11,18H,3-4,6,12-14H2,1-2H3. The van der Waals surface area contributed by atoms with Crippen LogP contribution < -0.4 is 0 Å². The first-order valence-electron chi connectivity index (χ1n) is 6.63. The summed E-state index contributed by atoms with van der Waals surface area (Å²) in [5.74, 6) is 5.97. The van der Waals surface area contributed by atoms with Gasteiger partial charge in [0.25, 0.3) is 0 Å². The molecule has 98 valence electrons. The van der Waals surface area contributed by atoms with E-state index >= 15 is 0 Å². The van der Waals surface area contributed by atoms with Crippen LogP contribution in [0.15, 0.2) is 24.3 Å². The number of aliphatic hydroxyl groups is 1. The van der Waals surface area contributed by atoms with Gasteiger partial charge in [-0.15, -0.1) is 0 Å². The molecule has 0 atom stereocenters. The lowest BCUT2D eigenvalue weighted by Gasteiger charge is -2.15. The van der Waals surface area contributed by atoms with E-state index in [-0.39, 0.29) is 6.61 Å². The highest BCUT2D eigenvalue weighted by Gasteiger charge is 1.99. The van der Waals surface area contributed by atoms with E-state index in [1.165, 1.54) is 18.4 Å². The lowest BCUT2D eigenvalue weighted by atomic mass is 10.1. The molecule has 0 saturated heterocycles. The van der Waals surface area contributed by atoms with Crippen LogP contribution in [-0.2, 0) is 6.54 Å². The molecule has 0 aliphatic rings. The molecular weight excluding hydrogens is 222 g/mol. The normalized spacial score (nSPS) is 10.2. The first kappa shape index (κ1) is 14.8. The van der Waals surface area contributed by atoms with Crippen LogP contribution in [0, 0.1) is 11.8 Å². The van der Waals surface area contributed by atoms with Crippen molar-refractivity contribution in [2.75, 3.05) is 20.2 Å². The molecule has 2 heteroatoms. The van der Waals surface area contributed by atoms with Gasteiger partial charge in [-0.25, -0.2) is 0 Å². The summed E-state index contributed by atoms with van der Waals surface area (Å²) in [6, 6.07) is 8.36. The zero-order valence-corrected chi connectivity index (χ0v) is 11.4. The summed E-state index contributed by atoms with van der Waals surface area (Å²) in [6.07, 6.45) is 3.03. The minimum atomic E-state index is 0.132. The second kappa shape index (κ2) is 8.74. The largest absolute Gasteiger partial charge is 0.395 e. The van der Waals surface area contributed by atoms with Gasteiger partial charge in [0, 0.05) is 18.5 Å². The average Bonchev–Trinajstić information content (AvgIpc) is 2.39. The van der Waals surface area contributed by atoms with E-state index in [4.69, 9.17) is 5.11 Å². The molecule has 1 aromatic carbocycles. The molecule has 0 bridgehead atoms. The van der Waals surface area contributed by atoms with Crippen LogP contribution in [0.5, 0.6) is 0 Å². The summed E-state index contributed by atoms with van der Waals surface area (Å²) in [4.78, 5) is 2.34. The predicted octanol–water partition coefficient (Wildman–Crippen LogP) is 2.65. The number of nitrogens with zero attached hydrogens (tertiary/aromatic N) is 1. The molecule has 0 spiro atoms. The molecular formula is C16H23NO. The highest BCUT2D eigenvalue weighted by Crippen LogP contribution is 2.06. The first-order chi connectivity index (χ1) is 8.76. The quantitative estimate of drug-likeness (QED) is 0.779. The summed E-state index contributed by atoms with van der Waals surface area (Å²) in [5, 5.41) is 8.65. The minimum Gasteiger partial charge on any atom is -0.395 e. The Morgan fingerprint density at radius 1 is 1.22 bits per heavy atom. The minimum absolute atomic E-state index is 0.132. The predicted molar refractivity (Wildman–Crippen MR) is 76.3 cm³/mol. The van der Waals surface area contributed by atoms with E-state index in [0.29, 0.717) is 6.42 Å². The molecule has 0 heterocycles. The molecule has 0 fully saturated rings. The zero-order chi connectivity index (χ0) is 13.2. The second-order valence-corrected chi connectivity index (χ2v) is 4.56. The smallest absolute Gasteiger partial charge is 0.0540 e. The van der Waals surface area contributed by atoms with Gasteiger partial charge in [-0.1, -0.05) is 37.3 Å². The summed E-state index contributed by atoms with van der Waals surface area (Å²) < 4.78 is 0. The molecule has 2 nitrogen and oxygen atoms in total. The Labute approximate surface area is 111 Å². The van der Waals surface area contributed by atoms with Gasteiger partial charge >= 0.3 is 0 Å². The van der Waals surface area contributed by atoms with Crippen molar-refractivity contribution >= 4 is 0 Å². The van der Waals surface area contributed by atoms with Crippen molar-refractivity contribution in [1.82, 2.24) is 4.90 Å². The number of benzene rings is 1. The Morgan fingerprint density at radius 2 is 1.94 bits per heavy atom. The molecule has 0 aromatic heterocycles. The van der Waals surface area contributed by atoms with Crippen LogP contribution in [0.3, 0.4) is 0 Å². The maximum atomic E-state index is 8.65. The van der Waals surface area contributed by atoms with Crippen LogP contribution in [0.25, 0.3) is 0 Å². The summed E-state index contributed by atoms with van der Waals surface area (Å²) in [7, 11) is 2.16. The molecule has 0 unspecified atom stereocenters. The number of hydrogen-bond acceptors (Lipinski definition) is 2. The van der Waals surface area contributed by atoms with Gasteiger partial charge in [0.05, 0.1) is 6.61 Å². The third-order valence-corrected chi connectivity index (χ3v) is 2.77. The van der Waals surface area contributed by atoms with Crippen LogP contribution in [0.2, 0.25) is 0 Å². The van der Waals surface area contributed by atoms with Crippen molar-refractivity contribution in [3.05, 3.63) is 35.4 Å². The van der Waals surface area contributed by atoms with Crippen molar-refractivity contribution in [2.45, 2.75) is 32.7 Å². The van der Waals surface area contributed by atoms with E-state index < -0.39 is 0 Å². The molecule has 0 radical (unpaired) electrons. The molecule has 0 amide bonds. The Hall–Kier alpha value is -1.30. The van der Waals surface area contributed by atoms with Gasteiger partial charge in [0.15, 0.2) is 0 Å². The van der Waals surface area contributed by atoms with Gasteiger partial charge < -0.3 is 10.0 Å². The Kier molecular flexibility index (Phi) is 7.17. The number of hydrogen-bond donors (Lipinski definition) is 1. The van der Waals surface area contributed by atoms with Gasteiger partial charge in [0.1, 0.15) is 0 Å². The van der Waals surface area contributed by atoms with E-state index in [0.717, 1.165) is 18.7 Å². The monoisotopic (exact) mass is 245 g/mol. The summed E-state index contributed by atoms with van der Waals surface area (Å²) >= 11 is 0. The molecule has 1 rings (SSSR count). The first-order valence-corrected chi connectivity index (χ1v) is 6.63. The lowest BCUT2D eigenvalue weighted by molar-refractivity contribution is 0.305. The van der Waals surface area contributed by atoms with E-state index in [9.17, 15) is 0 Å². The van der Waals surface area contributed by atoms with Crippen molar-refractivity contribution in [1.29, 1.82) is 0 Å². The third kappa shape index (κ3) is 5.86. The highest BCUT2D eigenvalue weighted by atomic mass is 16.2. The Bertz CT molecular complexity index is 386. The van der Waals surface area contributed by atoms with E-state index in [2.05, 4.69) is 42.8 Å². The van der Waals surface area contributed by atoms with Crippen molar-refractivity contribution in [3.63, 3.8) is 0 Å². The van der Waals surface area contributed by atoms with Gasteiger partial charge in [-0.2, -0.15) is 0 Å². The van der Waals surface area contributed by atoms with Gasteiger partial charge in [0.2, 0.25) is 0 Å². The fourth-order valence-corrected chi connectivity index (χ4v) is 1.73. The van der Waals surface area contributed by atoms with Crippen LogP contribution in [0.4, 0.5) is 0 Å². The fourth-order valence-electron chi connectivity index (χ4n) is 1.73. The molecule has 0 saturated carbocycles. The fraction of sp³-hybridized carbons (Fsp3) is 0.500. The third-order valence-electron chi connectivity index (χ3n) is 2.77. The van der Waals surface area contributed by atoms with Crippen molar-refractivity contribution in [2.24, 2.45) is 0 Å². The Morgan fingerprint density at radius 3 is 2.56 bits per heavy atom. The second-order valence-electron chi connectivity index (χ2n) is 4.56. The van der Waals surface area contributed by atoms with E-state index in [1.807, 2.05) is 12.1 Å². The lowest BCUT2D eigenvalue weighted by Crippen LogP contribution is -2.18. The number of aliphatic hydroxyl groups excluding tert-OH is 1. The summed E-state index contributed by atoms with van der Waals surface area (Å²) in [6.45, 7) is 4.49. The average molecular weight is 245 g/mol. The molecule has 1 aromatic rings. The maximum absolute atomic E-state index is 8.65. The van der Waals surface area contributed by atoms with Crippen LogP contribution in [0.1, 0.15) is 37.3 Å². The molecule has 0 aliphatic carbocycles. The van der Waals surface area contributed by atoms with Crippen molar-refractivity contribution < 1.29 is 5.11 Å². The zero-order valence-electron chi connectivity index (χ0n) is 11.4. The van der Waals surface area contributed by atoms with Gasteiger partial charge in [-0.3, -0.25) is 0 Å². The Balaban J connectivity index is 2.48. The van der Waals surface area contributed by atoms with Crippen LogP contribution >= 0.6 is 0 Å². The van der Waals surface area contributed by atoms with Crippen molar-refractivity contribution in [3.8, 4) is 11.8 Å². The molecule has 1 N–H and O–H groups in total. The van der Waals surface area contributed by atoms with Crippen LogP contribution in [-0.4, -0.2) is 30.2 Å². The molecule has 0 aliphatic heterocycles. The number of rotatable bonds is 6. The highest BCUT2D eigenvalue weighted by molar-refractivity contribution is 5.36. The number of unbranched alkanes of at least 4 members (excludes halogenated alkanes) is 1. The SMILES string of the molecule is CCCCN(C)Cc1ccc(C#CCCO)cc1. The topological polar surface area (TPSA) is 23.5 Å². The maximum Gasteiger partial charge on any atom is 0.0540 e. The molecule has 18 heavy (non-hydrogen) atoms. The van der Waals surface area contributed by atoms with Gasteiger partial charge in [-0.05, 0) is 37.7 Å². The summed E-state index contributed by atoms with van der Waals surface area (Å²) in [5.41, 5.74) is 2.34.